The van der Waals surface area contributed by atoms with Crippen LogP contribution in [0.2, 0.25) is 0 Å². The minimum atomic E-state index is 0.409. The second-order valence-electron chi connectivity index (χ2n) is 3.16. The Morgan fingerprint density at radius 1 is 1.64 bits per heavy atom. The van der Waals surface area contributed by atoms with Gasteiger partial charge in [-0.05, 0) is 47.4 Å². The van der Waals surface area contributed by atoms with Crippen molar-refractivity contribution in [3.63, 3.8) is 0 Å². The molecule has 0 fully saturated rings. The molecule has 1 atom stereocenters. The SMILES string of the molecule is CCC(CCN)Nc1ncccc1Br. The summed E-state index contributed by atoms with van der Waals surface area (Å²) in [6.07, 6.45) is 3.81. The molecule has 4 heteroatoms. The van der Waals surface area contributed by atoms with Crippen molar-refractivity contribution in [1.29, 1.82) is 0 Å². The molecule has 0 aliphatic rings. The fraction of sp³-hybridized carbons (Fsp3) is 0.500. The van der Waals surface area contributed by atoms with E-state index in [-0.39, 0.29) is 0 Å². The smallest absolute Gasteiger partial charge is 0.140 e. The van der Waals surface area contributed by atoms with Crippen molar-refractivity contribution in [2.45, 2.75) is 25.8 Å². The van der Waals surface area contributed by atoms with Gasteiger partial charge in [0, 0.05) is 12.2 Å². The van der Waals surface area contributed by atoms with Crippen molar-refractivity contribution in [3.8, 4) is 0 Å². The Balaban J connectivity index is 2.62. The Labute approximate surface area is 93.2 Å². The molecular weight excluding hydrogens is 242 g/mol. The highest BCUT2D eigenvalue weighted by molar-refractivity contribution is 9.10. The maximum atomic E-state index is 5.52. The molecule has 0 saturated heterocycles. The van der Waals surface area contributed by atoms with E-state index in [1.165, 1.54) is 0 Å². The first kappa shape index (κ1) is 11.5. The maximum Gasteiger partial charge on any atom is 0.140 e. The molecular formula is C10H16BrN3. The molecule has 0 spiro atoms. The summed E-state index contributed by atoms with van der Waals surface area (Å²) in [4.78, 5) is 4.25. The van der Waals surface area contributed by atoms with Crippen LogP contribution in [-0.4, -0.2) is 17.6 Å². The summed E-state index contributed by atoms with van der Waals surface area (Å²) in [6.45, 7) is 2.85. The molecule has 78 valence electrons. The van der Waals surface area contributed by atoms with Crippen molar-refractivity contribution in [2.75, 3.05) is 11.9 Å². The molecule has 1 unspecified atom stereocenters. The molecule has 1 aromatic heterocycles. The van der Waals surface area contributed by atoms with Crippen LogP contribution in [0.25, 0.3) is 0 Å². The highest BCUT2D eigenvalue weighted by Crippen LogP contribution is 2.20. The van der Waals surface area contributed by atoms with Gasteiger partial charge in [-0.25, -0.2) is 4.98 Å². The van der Waals surface area contributed by atoms with Crippen molar-refractivity contribution in [2.24, 2.45) is 5.73 Å². The van der Waals surface area contributed by atoms with E-state index in [1.54, 1.807) is 6.20 Å². The van der Waals surface area contributed by atoms with Crippen molar-refractivity contribution >= 4 is 21.7 Å². The van der Waals surface area contributed by atoms with E-state index in [1.807, 2.05) is 12.1 Å². The molecule has 0 aliphatic carbocycles. The molecule has 0 aliphatic heterocycles. The third-order valence-corrected chi connectivity index (χ3v) is 2.75. The Morgan fingerprint density at radius 3 is 3.00 bits per heavy atom. The maximum absolute atomic E-state index is 5.52. The van der Waals surface area contributed by atoms with Gasteiger partial charge in [-0.1, -0.05) is 6.92 Å². The summed E-state index contributed by atoms with van der Waals surface area (Å²) in [5, 5.41) is 3.36. The number of nitrogens with two attached hydrogens (primary N) is 1. The lowest BCUT2D eigenvalue weighted by atomic mass is 10.1. The average molecular weight is 258 g/mol. The lowest BCUT2D eigenvalue weighted by Gasteiger charge is -2.17. The van der Waals surface area contributed by atoms with Gasteiger partial charge in [0.05, 0.1) is 4.47 Å². The first-order valence-corrected chi connectivity index (χ1v) is 5.64. The van der Waals surface area contributed by atoms with Gasteiger partial charge in [0.2, 0.25) is 0 Å². The number of rotatable bonds is 5. The van der Waals surface area contributed by atoms with Crippen LogP contribution in [0.1, 0.15) is 19.8 Å². The van der Waals surface area contributed by atoms with Gasteiger partial charge in [-0.3, -0.25) is 0 Å². The second-order valence-corrected chi connectivity index (χ2v) is 4.02. The van der Waals surface area contributed by atoms with Crippen LogP contribution in [0, 0.1) is 0 Å². The van der Waals surface area contributed by atoms with Crippen LogP contribution < -0.4 is 11.1 Å². The minimum Gasteiger partial charge on any atom is -0.366 e. The van der Waals surface area contributed by atoms with Crippen molar-refractivity contribution in [1.82, 2.24) is 4.98 Å². The normalized spacial score (nSPS) is 12.5. The van der Waals surface area contributed by atoms with E-state index >= 15 is 0 Å². The van der Waals surface area contributed by atoms with Crippen molar-refractivity contribution in [3.05, 3.63) is 22.8 Å². The lowest BCUT2D eigenvalue weighted by molar-refractivity contribution is 0.639. The first-order chi connectivity index (χ1) is 6.77. The summed E-state index contributed by atoms with van der Waals surface area (Å²) in [7, 11) is 0. The number of pyridine rings is 1. The van der Waals surface area contributed by atoms with Crippen molar-refractivity contribution < 1.29 is 0 Å². The molecule has 0 radical (unpaired) electrons. The van der Waals surface area contributed by atoms with E-state index in [2.05, 4.69) is 33.2 Å². The predicted molar refractivity (Wildman–Crippen MR) is 63.3 cm³/mol. The van der Waals surface area contributed by atoms with Gasteiger partial charge in [0.25, 0.3) is 0 Å². The van der Waals surface area contributed by atoms with E-state index in [0.29, 0.717) is 12.6 Å². The lowest BCUT2D eigenvalue weighted by Crippen LogP contribution is -2.22. The largest absolute Gasteiger partial charge is 0.366 e. The Hall–Kier alpha value is -0.610. The summed E-state index contributed by atoms with van der Waals surface area (Å²) >= 11 is 3.45. The molecule has 3 N–H and O–H groups in total. The van der Waals surface area contributed by atoms with Crippen LogP contribution in [0.4, 0.5) is 5.82 Å². The first-order valence-electron chi connectivity index (χ1n) is 4.85. The van der Waals surface area contributed by atoms with Gasteiger partial charge < -0.3 is 11.1 Å². The Kier molecular flexibility index (Phi) is 4.90. The highest BCUT2D eigenvalue weighted by atomic mass is 79.9. The third-order valence-electron chi connectivity index (χ3n) is 2.11. The van der Waals surface area contributed by atoms with Gasteiger partial charge in [0.1, 0.15) is 5.82 Å². The van der Waals surface area contributed by atoms with E-state index < -0.39 is 0 Å². The fourth-order valence-corrected chi connectivity index (χ4v) is 1.63. The van der Waals surface area contributed by atoms with E-state index in [9.17, 15) is 0 Å². The number of hydrogen-bond donors (Lipinski definition) is 2. The molecule has 3 nitrogen and oxygen atoms in total. The summed E-state index contributed by atoms with van der Waals surface area (Å²) in [6, 6.07) is 4.29. The summed E-state index contributed by atoms with van der Waals surface area (Å²) in [5.74, 6) is 0.896. The number of aromatic nitrogens is 1. The zero-order valence-electron chi connectivity index (χ0n) is 8.33. The Morgan fingerprint density at radius 2 is 2.43 bits per heavy atom. The standard InChI is InChI=1S/C10H16BrN3/c1-2-8(5-6-12)14-10-9(11)4-3-7-13-10/h3-4,7-8H,2,5-6,12H2,1H3,(H,13,14). The predicted octanol–water partition coefficient (Wildman–Crippen LogP) is 2.38. The average Bonchev–Trinajstić information content (AvgIpc) is 2.20. The monoisotopic (exact) mass is 257 g/mol. The number of nitrogens with zero attached hydrogens (tertiary/aromatic N) is 1. The summed E-state index contributed by atoms with van der Waals surface area (Å²) < 4.78 is 0.996. The fourth-order valence-electron chi connectivity index (χ4n) is 1.26. The van der Waals surface area contributed by atoms with Crippen LogP contribution in [0.3, 0.4) is 0 Å². The topological polar surface area (TPSA) is 50.9 Å². The molecule has 1 heterocycles. The molecule has 14 heavy (non-hydrogen) atoms. The Bertz CT molecular complexity index is 278. The van der Waals surface area contributed by atoms with E-state index in [0.717, 1.165) is 23.1 Å². The molecule has 0 saturated carbocycles. The summed E-state index contributed by atoms with van der Waals surface area (Å²) in [5.41, 5.74) is 5.52. The zero-order chi connectivity index (χ0) is 10.4. The highest BCUT2D eigenvalue weighted by Gasteiger charge is 2.07. The zero-order valence-corrected chi connectivity index (χ0v) is 9.92. The quantitative estimate of drug-likeness (QED) is 0.852. The van der Waals surface area contributed by atoms with E-state index in [4.69, 9.17) is 5.73 Å². The number of hydrogen-bond acceptors (Lipinski definition) is 3. The molecule has 1 rings (SSSR count). The molecule has 0 aromatic carbocycles. The van der Waals surface area contributed by atoms with Crippen LogP contribution in [0.5, 0.6) is 0 Å². The second kappa shape index (κ2) is 5.98. The van der Waals surface area contributed by atoms with Crippen LogP contribution in [-0.2, 0) is 0 Å². The van der Waals surface area contributed by atoms with Gasteiger partial charge in [-0.15, -0.1) is 0 Å². The van der Waals surface area contributed by atoms with Crippen LogP contribution in [0.15, 0.2) is 22.8 Å². The van der Waals surface area contributed by atoms with Gasteiger partial charge in [0.15, 0.2) is 0 Å². The van der Waals surface area contributed by atoms with Crippen LogP contribution >= 0.6 is 15.9 Å². The minimum absolute atomic E-state index is 0.409. The molecule has 0 amide bonds. The number of anilines is 1. The molecule has 1 aromatic rings. The molecule has 0 bridgehead atoms. The van der Waals surface area contributed by atoms with Gasteiger partial charge >= 0.3 is 0 Å². The number of nitrogens with one attached hydrogen (secondary N) is 1. The third kappa shape index (κ3) is 3.27. The number of halogens is 1. The van der Waals surface area contributed by atoms with Gasteiger partial charge in [-0.2, -0.15) is 0 Å².